The van der Waals surface area contributed by atoms with Crippen molar-refractivity contribution in [3.8, 4) is 0 Å². The number of amides is 1. The van der Waals surface area contributed by atoms with Gasteiger partial charge < -0.3 is 5.11 Å². The molecule has 0 radical (unpaired) electrons. The summed E-state index contributed by atoms with van der Waals surface area (Å²) in [4.78, 5) is 28.7. The van der Waals surface area contributed by atoms with Gasteiger partial charge >= 0.3 is 5.97 Å². The minimum atomic E-state index is -1.09. The molecule has 1 amide bonds. The molecule has 0 aliphatic carbocycles. The molecule has 1 fully saturated rings. The summed E-state index contributed by atoms with van der Waals surface area (Å²) in [7, 11) is 0. The molecule has 1 N–H and O–H groups in total. The second kappa shape index (κ2) is 5.50. The van der Waals surface area contributed by atoms with Crippen LogP contribution in [-0.2, 0) is 9.59 Å². The number of carboxylic acids is 1. The Hall–Kier alpha value is -1.73. The maximum Gasteiger partial charge on any atom is 0.326 e. The zero-order valence-corrected chi connectivity index (χ0v) is 11.6. The van der Waals surface area contributed by atoms with Crippen molar-refractivity contribution in [3.63, 3.8) is 0 Å². The largest absolute Gasteiger partial charge is 0.480 e. The van der Waals surface area contributed by atoms with Crippen LogP contribution >= 0.6 is 24.0 Å². The van der Waals surface area contributed by atoms with Crippen LogP contribution in [0, 0.1) is 0 Å². The van der Waals surface area contributed by atoms with Crippen LogP contribution in [0.5, 0.6) is 0 Å². The van der Waals surface area contributed by atoms with Gasteiger partial charge in [0.1, 0.15) is 10.4 Å². The lowest BCUT2D eigenvalue weighted by molar-refractivity contribution is -0.144. The van der Waals surface area contributed by atoms with Gasteiger partial charge in [-0.15, -0.1) is 0 Å². The normalized spacial score (nSPS) is 19.0. The number of thiocarbonyl (C=S) groups is 1. The average molecular weight is 294 g/mol. The summed E-state index contributed by atoms with van der Waals surface area (Å²) < 4.78 is 0.252. The van der Waals surface area contributed by atoms with E-state index in [9.17, 15) is 9.59 Å². The quantitative estimate of drug-likeness (QED) is 0.676. The Labute approximate surface area is 119 Å². The van der Waals surface area contributed by atoms with Crippen molar-refractivity contribution in [2.45, 2.75) is 13.0 Å². The molecular weight excluding hydrogens is 284 g/mol. The lowest BCUT2D eigenvalue weighted by Gasteiger charge is -2.18. The number of hydrogen-bond acceptors (Lipinski definition) is 5. The SMILES string of the molecule is CC(C(=O)O)N1C(=O)/C(=C\c2ccccn2)SC1=S. The fraction of sp³-hybridized carbons (Fsp3) is 0.167. The van der Waals surface area contributed by atoms with Crippen LogP contribution in [-0.4, -0.2) is 37.2 Å². The van der Waals surface area contributed by atoms with Gasteiger partial charge in [0.15, 0.2) is 0 Å². The van der Waals surface area contributed by atoms with E-state index in [1.165, 1.54) is 6.92 Å². The second-order valence-corrected chi connectivity index (χ2v) is 5.50. The van der Waals surface area contributed by atoms with E-state index in [0.29, 0.717) is 10.6 Å². The number of aliphatic carboxylic acids is 1. The van der Waals surface area contributed by atoms with Crippen molar-refractivity contribution < 1.29 is 14.7 Å². The van der Waals surface area contributed by atoms with Crippen molar-refractivity contribution >= 4 is 46.3 Å². The monoisotopic (exact) mass is 294 g/mol. The fourth-order valence-electron chi connectivity index (χ4n) is 1.52. The molecule has 1 unspecified atom stereocenters. The summed E-state index contributed by atoms with van der Waals surface area (Å²) in [6.45, 7) is 1.43. The Morgan fingerprint density at radius 2 is 2.32 bits per heavy atom. The third kappa shape index (κ3) is 2.82. The topological polar surface area (TPSA) is 70.5 Å². The van der Waals surface area contributed by atoms with Crippen LogP contribution in [0.25, 0.3) is 6.08 Å². The maximum atomic E-state index is 12.1. The van der Waals surface area contributed by atoms with Crippen molar-refractivity contribution in [2.24, 2.45) is 0 Å². The van der Waals surface area contributed by atoms with Gasteiger partial charge in [-0.25, -0.2) is 4.79 Å². The highest BCUT2D eigenvalue weighted by atomic mass is 32.2. The van der Waals surface area contributed by atoms with E-state index in [1.807, 2.05) is 0 Å². The standard InChI is InChI=1S/C12H10N2O3S2/c1-7(11(16)17)14-10(15)9(19-12(14)18)6-8-4-2-3-5-13-8/h2-7H,1H3,(H,16,17)/b9-6+. The average Bonchev–Trinajstić information content (AvgIpc) is 2.65. The molecule has 0 bridgehead atoms. The lowest BCUT2D eigenvalue weighted by Crippen LogP contribution is -2.41. The molecule has 0 spiro atoms. The molecule has 5 nitrogen and oxygen atoms in total. The first-order valence-corrected chi connectivity index (χ1v) is 6.64. The molecular formula is C12H10N2O3S2. The van der Waals surface area contributed by atoms with E-state index < -0.39 is 17.9 Å². The van der Waals surface area contributed by atoms with E-state index in [1.54, 1.807) is 30.5 Å². The smallest absolute Gasteiger partial charge is 0.326 e. The highest BCUT2D eigenvalue weighted by Crippen LogP contribution is 2.33. The summed E-state index contributed by atoms with van der Waals surface area (Å²) >= 11 is 6.14. The molecule has 1 aliphatic heterocycles. The third-order valence-corrected chi connectivity index (χ3v) is 3.87. The molecule has 0 saturated carbocycles. The first-order chi connectivity index (χ1) is 9.00. The minimum Gasteiger partial charge on any atom is -0.480 e. The fourth-order valence-corrected chi connectivity index (χ4v) is 2.92. The van der Waals surface area contributed by atoms with E-state index >= 15 is 0 Å². The summed E-state index contributed by atoms with van der Waals surface area (Å²) in [5.41, 5.74) is 0.631. The zero-order chi connectivity index (χ0) is 14.0. The number of aromatic nitrogens is 1. The van der Waals surface area contributed by atoms with E-state index in [0.717, 1.165) is 16.7 Å². The van der Waals surface area contributed by atoms with E-state index in [-0.39, 0.29) is 4.32 Å². The van der Waals surface area contributed by atoms with Gasteiger partial charge in [-0.05, 0) is 25.1 Å². The summed E-state index contributed by atoms with van der Waals surface area (Å²) in [6.07, 6.45) is 3.22. The first-order valence-electron chi connectivity index (χ1n) is 5.41. The van der Waals surface area contributed by atoms with Crippen LogP contribution in [0.4, 0.5) is 0 Å². The summed E-state index contributed by atoms with van der Waals surface area (Å²) in [6, 6.07) is 4.36. The molecule has 7 heteroatoms. The van der Waals surface area contributed by atoms with Gasteiger partial charge in [0.25, 0.3) is 5.91 Å². The van der Waals surface area contributed by atoms with Crippen LogP contribution < -0.4 is 0 Å². The van der Waals surface area contributed by atoms with Gasteiger partial charge in [-0.2, -0.15) is 0 Å². The molecule has 2 rings (SSSR count). The number of carbonyl (C=O) groups is 2. The summed E-state index contributed by atoms with van der Waals surface area (Å²) in [5, 5.41) is 8.96. The number of carbonyl (C=O) groups excluding carboxylic acids is 1. The van der Waals surface area contributed by atoms with Gasteiger partial charge in [0, 0.05) is 6.20 Å². The predicted octanol–water partition coefficient (Wildman–Crippen LogP) is 1.76. The highest BCUT2D eigenvalue weighted by Gasteiger charge is 2.38. The molecule has 1 aromatic rings. The van der Waals surface area contributed by atoms with Crippen LogP contribution in [0.2, 0.25) is 0 Å². The minimum absolute atomic E-state index is 0.252. The Kier molecular flexibility index (Phi) is 3.96. The number of nitrogens with zero attached hydrogens (tertiary/aromatic N) is 2. The molecule has 1 aromatic heterocycles. The zero-order valence-electron chi connectivity index (χ0n) is 9.94. The molecule has 1 atom stereocenters. The van der Waals surface area contributed by atoms with Crippen LogP contribution in [0.15, 0.2) is 29.3 Å². The van der Waals surface area contributed by atoms with Crippen molar-refractivity contribution in [1.29, 1.82) is 0 Å². The Balaban J connectivity index is 2.28. The highest BCUT2D eigenvalue weighted by molar-refractivity contribution is 8.26. The number of rotatable bonds is 3. The Morgan fingerprint density at radius 1 is 1.58 bits per heavy atom. The number of thioether (sulfide) groups is 1. The Morgan fingerprint density at radius 3 is 2.89 bits per heavy atom. The van der Waals surface area contributed by atoms with Gasteiger partial charge in [0.05, 0.1) is 10.6 Å². The van der Waals surface area contributed by atoms with Crippen LogP contribution in [0.1, 0.15) is 12.6 Å². The van der Waals surface area contributed by atoms with Crippen molar-refractivity contribution in [3.05, 3.63) is 35.0 Å². The molecule has 19 heavy (non-hydrogen) atoms. The van der Waals surface area contributed by atoms with Crippen molar-refractivity contribution in [2.75, 3.05) is 0 Å². The van der Waals surface area contributed by atoms with E-state index in [4.69, 9.17) is 17.3 Å². The Bertz CT molecular complexity index is 572. The number of hydrogen-bond donors (Lipinski definition) is 1. The third-order valence-electron chi connectivity index (χ3n) is 2.53. The molecule has 1 saturated heterocycles. The van der Waals surface area contributed by atoms with Crippen molar-refractivity contribution in [1.82, 2.24) is 9.88 Å². The molecule has 0 aromatic carbocycles. The van der Waals surface area contributed by atoms with E-state index in [2.05, 4.69) is 4.98 Å². The maximum absolute atomic E-state index is 12.1. The summed E-state index contributed by atoms with van der Waals surface area (Å²) in [5.74, 6) is -1.48. The molecule has 2 heterocycles. The van der Waals surface area contributed by atoms with Crippen LogP contribution in [0.3, 0.4) is 0 Å². The second-order valence-electron chi connectivity index (χ2n) is 3.82. The van der Waals surface area contributed by atoms with Gasteiger partial charge in [-0.1, -0.05) is 30.0 Å². The molecule has 1 aliphatic rings. The number of carboxylic acid groups (broad SMARTS) is 1. The lowest BCUT2D eigenvalue weighted by atomic mass is 10.2. The molecule has 98 valence electrons. The first kappa shape index (κ1) is 13.7. The predicted molar refractivity (Wildman–Crippen MR) is 76.3 cm³/mol. The number of pyridine rings is 1. The van der Waals surface area contributed by atoms with Gasteiger partial charge in [0.2, 0.25) is 0 Å². The van der Waals surface area contributed by atoms with Gasteiger partial charge in [-0.3, -0.25) is 14.7 Å².